The number of carbonyl (C=O) groups is 1. The zero-order valence-corrected chi connectivity index (χ0v) is 15.8. The number of hydrogen-bond donors (Lipinski definition) is 1. The van der Waals surface area contributed by atoms with E-state index in [0.29, 0.717) is 5.02 Å². The number of aromatic nitrogens is 2. The average molecular weight is 389 g/mol. The summed E-state index contributed by atoms with van der Waals surface area (Å²) in [4.78, 5) is 24.8. The zero-order chi connectivity index (χ0) is 18.7. The zero-order valence-electron chi connectivity index (χ0n) is 14.3. The molecular formula is C18H17ClN4O2S. The first-order chi connectivity index (χ1) is 12.5. The molecule has 0 radical (unpaired) electrons. The molecule has 1 aromatic heterocycles. The van der Waals surface area contributed by atoms with Crippen LogP contribution in [0.3, 0.4) is 0 Å². The molecule has 0 atom stereocenters. The number of aryl methyl sites for hydroxylation is 2. The van der Waals surface area contributed by atoms with Gasteiger partial charge in [-0.15, -0.1) is 11.8 Å². The van der Waals surface area contributed by atoms with E-state index >= 15 is 0 Å². The van der Waals surface area contributed by atoms with E-state index < -0.39 is 0 Å². The van der Waals surface area contributed by atoms with E-state index in [1.54, 1.807) is 41.6 Å². The summed E-state index contributed by atoms with van der Waals surface area (Å²) in [5, 5.41) is 4.64. The smallest absolute Gasteiger partial charge is 0.295 e. The molecule has 0 spiro atoms. The third kappa shape index (κ3) is 4.00. The maximum Gasteiger partial charge on any atom is 0.328 e. The number of fused-ring (bicyclic) bond motifs is 1. The minimum atomic E-state index is -0.200. The first kappa shape index (κ1) is 18.3. The number of rotatable bonds is 5. The molecule has 134 valence electrons. The quantitative estimate of drug-likeness (QED) is 0.415. The minimum absolute atomic E-state index is 0.0818. The van der Waals surface area contributed by atoms with Crippen LogP contribution < -0.4 is 11.1 Å². The molecule has 3 rings (SSSR count). The van der Waals surface area contributed by atoms with Gasteiger partial charge in [-0.1, -0.05) is 17.7 Å². The van der Waals surface area contributed by atoms with Gasteiger partial charge in [0.2, 0.25) is 5.91 Å². The molecule has 0 saturated carbocycles. The van der Waals surface area contributed by atoms with Gasteiger partial charge in [-0.2, -0.15) is 5.10 Å². The van der Waals surface area contributed by atoms with Crippen LogP contribution in [0.5, 0.6) is 0 Å². The lowest BCUT2D eigenvalue weighted by Gasteiger charge is -2.01. The predicted molar refractivity (Wildman–Crippen MR) is 106 cm³/mol. The highest BCUT2D eigenvalue weighted by molar-refractivity contribution is 8.00. The summed E-state index contributed by atoms with van der Waals surface area (Å²) in [5.74, 6) is 0.0555. The van der Waals surface area contributed by atoms with Gasteiger partial charge in [0, 0.05) is 24.0 Å². The fraction of sp³-hybridized carbons (Fsp3) is 0.167. The Bertz CT molecular complexity index is 1040. The highest BCUT2D eigenvalue weighted by Crippen LogP contribution is 2.19. The summed E-state index contributed by atoms with van der Waals surface area (Å²) < 4.78 is 3.17. The summed E-state index contributed by atoms with van der Waals surface area (Å²) >= 11 is 7.24. The molecule has 6 nitrogen and oxygen atoms in total. The number of amides is 1. The molecule has 3 aromatic rings. The van der Waals surface area contributed by atoms with Crippen LogP contribution in [0.1, 0.15) is 5.56 Å². The molecule has 0 aliphatic heterocycles. The summed E-state index contributed by atoms with van der Waals surface area (Å²) in [6.07, 6.45) is 1.56. The Balaban J connectivity index is 1.60. The van der Waals surface area contributed by atoms with Crippen LogP contribution in [0, 0.1) is 0 Å². The summed E-state index contributed by atoms with van der Waals surface area (Å²) in [6, 6.07) is 12.9. The van der Waals surface area contributed by atoms with Crippen molar-refractivity contribution in [1.82, 2.24) is 14.6 Å². The van der Waals surface area contributed by atoms with Crippen molar-refractivity contribution < 1.29 is 4.79 Å². The fourth-order valence-corrected chi connectivity index (χ4v) is 3.31. The number of carbonyl (C=O) groups excluding carboxylic acids is 1. The van der Waals surface area contributed by atoms with E-state index in [1.165, 1.54) is 11.8 Å². The molecule has 0 aliphatic carbocycles. The van der Waals surface area contributed by atoms with Gasteiger partial charge in [-0.25, -0.2) is 10.2 Å². The topological polar surface area (TPSA) is 68.4 Å². The number of halogens is 1. The van der Waals surface area contributed by atoms with Crippen molar-refractivity contribution in [1.29, 1.82) is 0 Å². The Morgan fingerprint density at radius 2 is 1.85 bits per heavy atom. The number of nitrogens with zero attached hydrogens (tertiary/aromatic N) is 3. The van der Waals surface area contributed by atoms with Gasteiger partial charge in [0.1, 0.15) is 0 Å². The lowest BCUT2D eigenvalue weighted by Crippen LogP contribution is -2.19. The average Bonchev–Trinajstić information content (AvgIpc) is 2.85. The van der Waals surface area contributed by atoms with Crippen LogP contribution >= 0.6 is 23.4 Å². The largest absolute Gasteiger partial charge is 0.328 e. The second kappa shape index (κ2) is 7.80. The lowest BCUT2D eigenvalue weighted by atomic mass is 10.2. The van der Waals surface area contributed by atoms with Crippen molar-refractivity contribution in [3.8, 4) is 0 Å². The van der Waals surface area contributed by atoms with Gasteiger partial charge in [-0.05, 0) is 42.0 Å². The predicted octanol–water partition coefficient (Wildman–Crippen LogP) is 2.77. The van der Waals surface area contributed by atoms with E-state index in [1.807, 2.05) is 30.3 Å². The number of thioether (sulfide) groups is 1. The van der Waals surface area contributed by atoms with Crippen molar-refractivity contribution in [2.24, 2.45) is 19.2 Å². The molecule has 0 saturated heterocycles. The van der Waals surface area contributed by atoms with Crippen LogP contribution in [0.2, 0.25) is 5.02 Å². The van der Waals surface area contributed by atoms with E-state index in [0.717, 1.165) is 21.5 Å². The fourth-order valence-electron chi connectivity index (χ4n) is 2.49. The summed E-state index contributed by atoms with van der Waals surface area (Å²) in [6.45, 7) is 0. The van der Waals surface area contributed by atoms with Crippen LogP contribution in [-0.4, -0.2) is 27.0 Å². The lowest BCUT2D eigenvalue weighted by molar-refractivity contribution is -0.118. The number of imidazole rings is 1. The van der Waals surface area contributed by atoms with E-state index in [-0.39, 0.29) is 17.3 Å². The van der Waals surface area contributed by atoms with Crippen molar-refractivity contribution in [3.05, 3.63) is 63.5 Å². The maximum atomic E-state index is 11.9. The van der Waals surface area contributed by atoms with E-state index in [9.17, 15) is 9.59 Å². The molecular weight excluding hydrogens is 372 g/mol. The van der Waals surface area contributed by atoms with Gasteiger partial charge < -0.3 is 0 Å². The third-order valence-corrected chi connectivity index (χ3v) is 5.15. The van der Waals surface area contributed by atoms with Crippen molar-refractivity contribution in [3.63, 3.8) is 0 Å². The molecule has 8 heteroatoms. The Morgan fingerprint density at radius 3 is 2.58 bits per heavy atom. The van der Waals surface area contributed by atoms with Gasteiger partial charge in [-0.3, -0.25) is 13.9 Å². The van der Waals surface area contributed by atoms with E-state index in [4.69, 9.17) is 11.6 Å². The third-order valence-electron chi connectivity index (χ3n) is 3.88. The van der Waals surface area contributed by atoms with Crippen molar-refractivity contribution in [2.75, 3.05) is 5.75 Å². The summed E-state index contributed by atoms with van der Waals surface area (Å²) in [5.41, 5.74) is 4.87. The number of hydrogen-bond acceptors (Lipinski definition) is 4. The number of nitrogens with one attached hydrogen (secondary N) is 1. The molecule has 2 aromatic carbocycles. The van der Waals surface area contributed by atoms with Gasteiger partial charge in [0.25, 0.3) is 0 Å². The highest BCUT2D eigenvalue weighted by Gasteiger charge is 2.07. The SMILES string of the molecule is Cn1c(=O)n(C)c2cc(/C=N\NC(=O)CSc3ccc(Cl)cc3)ccc21. The molecule has 1 N–H and O–H groups in total. The molecule has 1 heterocycles. The Hall–Kier alpha value is -2.51. The molecule has 0 fully saturated rings. The normalized spacial score (nSPS) is 11.3. The Kier molecular flexibility index (Phi) is 5.49. The van der Waals surface area contributed by atoms with Gasteiger partial charge >= 0.3 is 5.69 Å². The Morgan fingerprint density at radius 1 is 1.15 bits per heavy atom. The first-order valence-corrected chi connectivity index (χ1v) is 9.18. The van der Waals surface area contributed by atoms with Crippen LogP contribution in [-0.2, 0) is 18.9 Å². The van der Waals surface area contributed by atoms with Crippen molar-refractivity contribution >= 4 is 46.5 Å². The second-order valence-corrected chi connectivity index (χ2v) is 7.17. The first-order valence-electron chi connectivity index (χ1n) is 7.81. The Labute approximate surface area is 159 Å². The molecule has 0 aliphatic rings. The highest BCUT2D eigenvalue weighted by atomic mass is 35.5. The standard InChI is InChI=1S/C18H17ClN4O2S/c1-22-15-8-3-12(9-16(15)23(2)18(22)25)10-20-21-17(24)11-26-14-6-4-13(19)5-7-14/h3-10H,11H2,1-2H3,(H,21,24)/b20-10-. The van der Waals surface area contributed by atoms with Gasteiger partial charge in [0.15, 0.2) is 0 Å². The van der Waals surface area contributed by atoms with Crippen LogP contribution in [0.15, 0.2) is 57.3 Å². The maximum absolute atomic E-state index is 11.9. The number of hydrazone groups is 1. The molecule has 26 heavy (non-hydrogen) atoms. The molecule has 0 unspecified atom stereocenters. The minimum Gasteiger partial charge on any atom is -0.295 e. The molecule has 0 bridgehead atoms. The monoisotopic (exact) mass is 388 g/mol. The van der Waals surface area contributed by atoms with E-state index in [2.05, 4.69) is 10.5 Å². The van der Waals surface area contributed by atoms with Gasteiger partial charge in [0.05, 0.1) is 23.0 Å². The van der Waals surface area contributed by atoms with Crippen LogP contribution in [0.25, 0.3) is 11.0 Å². The molecule has 1 amide bonds. The van der Waals surface area contributed by atoms with Crippen molar-refractivity contribution in [2.45, 2.75) is 4.90 Å². The number of benzene rings is 2. The second-order valence-electron chi connectivity index (χ2n) is 5.68. The summed E-state index contributed by atoms with van der Waals surface area (Å²) in [7, 11) is 3.46. The van der Waals surface area contributed by atoms with Crippen LogP contribution in [0.4, 0.5) is 0 Å².